The third kappa shape index (κ3) is 4.20. The minimum atomic E-state index is -0.539. The standard InChI is InChI=1S/C15H23N3O2/c1-12(19)10-17-15(20)13-6-7-14(16-11-13)18-8-4-2-3-5-9-18/h6-7,11-12,19H,2-5,8-10H2,1H3,(H,17,20). The lowest BCUT2D eigenvalue weighted by atomic mass is 10.2. The zero-order chi connectivity index (χ0) is 14.4. The lowest BCUT2D eigenvalue weighted by molar-refractivity contribution is 0.0923. The summed E-state index contributed by atoms with van der Waals surface area (Å²) < 4.78 is 0. The lowest BCUT2D eigenvalue weighted by Crippen LogP contribution is -2.30. The molecule has 20 heavy (non-hydrogen) atoms. The highest BCUT2D eigenvalue weighted by atomic mass is 16.3. The number of hydrogen-bond acceptors (Lipinski definition) is 4. The topological polar surface area (TPSA) is 65.5 Å². The van der Waals surface area contributed by atoms with Crippen molar-refractivity contribution in [1.82, 2.24) is 10.3 Å². The Hall–Kier alpha value is -1.62. The van der Waals surface area contributed by atoms with Crippen LogP contribution < -0.4 is 10.2 Å². The van der Waals surface area contributed by atoms with E-state index in [-0.39, 0.29) is 12.5 Å². The monoisotopic (exact) mass is 277 g/mol. The Balaban J connectivity index is 1.96. The fraction of sp³-hybridized carbons (Fsp3) is 0.600. The van der Waals surface area contributed by atoms with Crippen LogP contribution in [0.25, 0.3) is 0 Å². The van der Waals surface area contributed by atoms with Gasteiger partial charge in [-0.15, -0.1) is 0 Å². The zero-order valence-electron chi connectivity index (χ0n) is 12.0. The average molecular weight is 277 g/mol. The van der Waals surface area contributed by atoms with Crippen molar-refractivity contribution in [2.24, 2.45) is 0 Å². The molecule has 0 spiro atoms. The Labute approximate surface area is 120 Å². The number of aromatic nitrogens is 1. The maximum atomic E-state index is 11.8. The van der Waals surface area contributed by atoms with Crippen LogP contribution in [0.5, 0.6) is 0 Å². The van der Waals surface area contributed by atoms with Gasteiger partial charge < -0.3 is 15.3 Å². The second-order valence-electron chi connectivity index (χ2n) is 5.37. The van der Waals surface area contributed by atoms with Gasteiger partial charge in [-0.3, -0.25) is 4.79 Å². The van der Waals surface area contributed by atoms with Gasteiger partial charge in [0, 0.05) is 25.8 Å². The van der Waals surface area contributed by atoms with Crippen LogP contribution in [0, 0.1) is 0 Å². The number of amides is 1. The smallest absolute Gasteiger partial charge is 0.252 e. The van der Waals surface area contributed by atoms with E-state index in [9.17, 15) is 4.79 Å². The number of rotatable bonds is 4. The second-order valence-corrected chi connectivity index (χ2v) is 5.37. The predicted molar refractivity (Wildman–Crippen MR) is 78.9 cm³/mol. The number of hydrogen-bond donors (Lipinski definition) is 2. The molecule has 1 fully saturated rings. The molecule has 1 amide bonds. The van der Waals surface area contributed by atoms with E-state index in [1.807, 2.05) is 6.07 Å². The molecule has 0 saturated carbocycles. The molecular formula is C15H23N3O2. The number of aliphatic hydroxyl groups is 1. The summed E-state index contributed by atoms with van der Waals surface area (Å²) in [7, 11) is 0. The largest absolute Gasteiger partial charge is 0.392 e. The van der Waals surface area contributed by atoms with Gasteiger partial charge in [0.25, 0.3) is 5.91 Å². The molecule has 0 bridgehead atoms. The highest BCUT2D eigenvalue weighted by Crippen LogP contribution is 2.17. The molecule has 5 nitrogen and oxygen atoms in total. The van der Waals surface area contributed by atoms with E-state index in [0.29, 0.717) is 5.56 Å². The first kappa shape index (κ1) is 14.8. The summed E-state index contributed by atoms with van der Waals surface area (Å²) in [5.74, 6) is 0.750. The van der Waals surface area contributed by atoms with Gasteiger partial charge in [-0.2, -0.15) is 0 Å². The number of pyridine rings is 1. The van der Waals surface area contributed by atoms with Gasteiger partial charge >= 0.3 is 0 Å². The molecule has 2 rings (SSSR count). The number of aliphatic hydroxyl groups excluding tert-OH is 1. The summed E-state index contributed by atoms with van der Waals surface area (Å²) in [6.45, 7) is 3.98. The molecule has 1 atom stereocenters. The van der Waals surface area contributed by atoms with Gasteiger partial charge in [0.1, 0.15) is 5.82 Å². The summed E-state index contributed by atoms with van der Waals surface area (Å²) >= 11 is 0. The molecule has 5 heteroatoms. The maximum absolute atomic E-state index is 11.8. The first-order valence-electron chi connectivity index (χ1n) is 7.34. The third-order valence-electron chi connectivity index (χ3n) is 3.50. The van der Waals surface area contributed by atoms with Crippen LogP contribution in [0.4, 0.5) is 5.82 Å². The summed E-state index contributed by atoms with van der Waals surface area (Å²) in [6.07, 6.45) is 6.06. The molecule has 1 aliphatic rings. The van der Waals surface area contributed by atoms with E-state index in [1.165, 1.54) is 25.7 Å². The lowest BCUT2D eigenvalue weighted by Gasteiger charge is -2.21. The molecule has 1 aromatic heterocycles. The summed E-state index contributed by atoms with van der Waals surface area (Å²) in [5.41, 5.74) is 0.532. The number of anilines is 1. The Kier molecular flexibility index (Phi) is 5.35. The van der Waals surface area contributed by atoms with Crippen LogP contribution in [-0.2, 0) is 0 Å². The van der Waals surface area contributed by atoms with Crippen molar-refractivity contribution in [1.29, 1.82) is 0 Å². The number of nitrogens with zero attached hydrogens (tertiary/aromatic N) is 2. The minimum absolute atomic E-state index is 0.194. The minimum Gasteiger partial charge on any atom is -0.392 e. The van der Waals surface area contributed by atoms with E-state index in [0.717, 1.165) is 18.9 Å². The Morgan fingerprint density at radius 3 is 2.60 bits per heavy atom. The van der Waals surface area contributed by atoms with Crippen molar-refractivity contribution in [2.45, 2.75) is 38.7 Å². The highest BCUT2D eigenvalue weighted by Gasteiger charge is 2.12. The van der Waals surface area contributed by atoms with E-state index >= 15 is 0 Å². The molecular weight excluding hydrogens is 254 g/mol. The van der Waals surface area contributed by atoms with Crippen LogP contribution in [0.2, 0.25) is 0 Å². The van der Waals surface area contributed by atoms with Gasteiger partial charge in [0.05, 0.1) is 11.7 Å². The van der Waals surface area contributed by atoms with Gasteiger partial charge in [0.15, 0.2) is 0 Å². The molecule has 1 unspecified atom stereocenters. The molecule has 0 aliphatic carbocycles. The first-order chi connectivity index (χ1) is 9.66. The molecule has 0 radical (unpaired) electrons. The van der Waals surface area contributed by atoms with Gasteiger partial charge in [-0.1, -0.05) is 12.8 Å². The van der Waals surface area contributed by atoms with Crippen LogP contribution in [-0.4, -0.2) is 41.7 Å². The number of carbonyl (C=O) groups is 1. The van der Waals surface area contributed by atoms with Crippen molar-refractivity contribution < 1.29 is 9.90 Å². The van der Waals surface area contributed by atoms with Crippen LogP contribution >= 0.6 is 0 Å². The van der Waals surface area contributed by atoms with E-state index in [1.54, 1.807) is 19.2 Å². The van der Waals surface area contributed by atoms with Crippen molar-refractivity contribution in [2.75, 3.05) is 24.5 Å². The van der Waals surface area contributed by atoms with Crippen LogP contribution in [0.3, 0.4) is 0 Å². The van der Waals surface area contributed by atoms with Gasteiger partial charge in [0.2, 0.25) is 0 Å². The van der Waals surface area contributed by atoms with Crippen molar-refractivity contribution >= 4 is 11.7 Å². The van der Waals surface area contributed by atoms with E-state index in [2.05, 4.69) is 15.2 Å². The van der Waals surface area contributed by atoms with Crippen LogP contribution in [0.1, 0.15) is 43.0 Å². The fourth-order valence-electron chi connectivity index (χ4n) is 2.35. The quantitative estimate of drug-likeness (QED) is 0.877. The predicted octanol–water partition coefficient (Wildman–Crippen LogP) is 1.57. The van der Waals surface area contributed by atoms with E-state index in [4.69, 9.17) is 5.11 Å². The number of carbonyl (C=O) groups excluding carboxylic acids is 1. The normalized spacial score (nSPS) is 17.4. The second kappa shape index (κ2) is 7.24. The Bertz CT molecular complexity index is 423. The summed E-state index contributed by atoms with van der Waals surface area (Å²) in [6, 6.07) is 3.70. The molecule has 2 N–H and O–H groups in total. The van der Waals surface area contributed by atoms with Gasteiger partial charge in [-0.05, 0) is 31.9 Å². The Morgan fingerprint density at radius 1 is 1.35 bits per heavy atom. The van der Waals surface area contributed by atoms with Crippen LogP contribution in [0.15, 0.2) is 18.3 Å². The first-order valence-corrected chi connectivity index (χ1v) is 7.34. The Morgan fingerprint density at radius 2 is 2.05 bits per heavy atom. The SMILES string of the molecule is CC(O)CNC(=O)c1ccc(N2CCCCCC2)nc1. The molecule has 2 heterocycles. The van der Waals surface area contributed by atoms with Crippen molar-refractivity contribution in [3.63, 3.8) is 0 Å². The number of nitrogens with one attached hydrogen (secondary N) is 1. The zero-order valence-corrected chi connectivity index (χ0v) is 12.0. The third-order valence-corrected chi connectivity index (χ3v) is 3.50. The van der Waals surface area contributed by atoms with Crippen molar-refractivity contribution in [3.8, 4) is 0 Å². The van der Waals surface area contributed by atoms with E-state index < -0.39 is 6.10 Å². The fourth-order valence-corrected chi connectivity index (χ4v) is 2.35. The molecule has 1 aliphatic heterocycles. The van der Waals surface area contributed by atoms with Crippen molar-refractivity contribution in [3.05, 3.63) is 23.9 Å². The van der Waals surface area contributed by atoms with Gasteiger partial charge in [-0.25, -0.2) is 4.98 Å². The average Bonchev–Trinajstić information content (AvgIpc) is 2.74. The molecule has 1 saturated heterocycles. The molecule has 1 aromatic rings. The summed E-state index contributed by atoms with van der Waals surface area (Å²) in [4.78, 5) is 18.5. The maximum Gasteiger partial charge on any atom is 0.252 e. The highest BCUT2D eigenvalue weighted by molar-refractivity contribution is 5.94. The summed E-state index contributed by atoms with van der Waals surface area (Å²) in [5, 5.41) is 11.8. The molecule has 110 valence electrons. The molecule has 0 aromatic carbocycles.